The number of rotatable bonds is 12. The minimum absolute atomic E-state index is 0.119. The SMILES string of the molecule is CCCCOCCOCCCOS(=O)(=O)c1ccccc1. The maximum Gasteiger partial charge on any atom is 0.296 e. The summed E-state index contributed by atoms with van der Waals surface area (Å²) in [6.07, 6.45) is 2.71. The Morgan fingerprint density at radius 1 is 0.857 bits per heavy atom. The van der Waals surface area contributed by atoms with Gasteiger partial charge in [0.05, 0.1) is 24.7 Å². The van der Waals surface area contributed by atoms with Crippen molar-refractivity contribution in [3.8, 4) is 0 Å². The van der Waals surface area contributed by atoms with Gasteiger partial charge in [0.15, 0.2) is 0 Å². The summed E-state index contributed by atoms with van der Waals surface area (Å²) in [5.41, 5.74) is 0. The van der Waals surface area contributed by atoms with Gasteiger partial charge in [-0.05, 0) is 25.0 Å². The van der Waals surface area contributed by atoms with Crippen LogP contribution >= 0.6 is 0 Å². The zero-order valence-electron chi connectivity index (χ0n) is 12.5. The highest BCUT2D eigenvalue weighted by Gasteiger charge is 2.13. The summed E-state index contributed by atoms with van der Waals surface area (Å²) >= 11 is 0. The van der Waals surface area contributed by atoms with Crippen molar-refractivity contribution >= 4 is 10.1 Å². The van der Waals surface area contributed by atoms with Gasteiger partial charge in [-0.1, -0.05) is 31.5 Å². The summed E-state index contributed by atoms with van der Waals surface area (Å²) in [5.74, 6) is 0. The number of ether oxygens (including phenoxy) is 2. The Kier molecular flexibility index (Phi) is 9.25. The highest BCUT2D eigenvalue weighted by molar-refractivity contribution is 7.86. The van der Waals surface area contributed by atoms with Gasteiger partial charge in [0.1, 0.15) is 0 Å². The molecule has 0 spiro atoms. The fourth-order valence-electron chi connectivity index (χ4n) is 1.55. The third-order valence-electron chi connectivity index (χ3n) is 2.72. The van der Waals surface area contributed by atoms with E-state index in [-0.39, 0.29) is 11.5 Å². The van der Waals surface area contributed by atoms with Crippen molar-refractivity contribution in [3.05, 3.63) is 30.3 Å². The Hall–Kier alpha value is -0.950. The standard InChI is InChI=1S/C15H24O5S/c1-2-3-10-18-13-14-19-11-7-12-20-21(16,17)15-8-5-4-6-9-15/h4-6,8-9H,2-3,7,10-14H2,1H3. The van der Waals surface area contributed by atoms with E-state index in [4.69, 9.17) is 13.7 Å². The lowest BCUT2D eigenvalue weighted by Gasteiger charge is -2.07. The molecule has 0 fully saturated rings. The van der Waals surface area contributed by atoms with E-state index in [1.807, 2.05) is 0 Å². The normalized spacial score (nSPS) is 11.7. The zero-order valence-corrected chi connectivity index (χ0v) is 13.3. The molecule has 0 aromatic heterocycles. The molecule has 0 amide bonds. The number of hydrogen-bond acceptors (Lipinski definition) is 5. The molecule has 1 rings (SSSR count). The molecule has 0 bridgehead atoms. The van der Waals surface area contributed by atoms with Crippen molar-refractivity contribution in [1.82, 2.24) is 0 Å². The Bertz CT molecular complexity index is 458. The first-order valence-electron chi connectivity index (χ1n) is 7.27. The Morgan fingerprint density at radius 3 is 2.10 bits per heavy atom. The highest BCUT2D eigenvalue weighted by atomic mass is 32.2. The Balaban J connectivity index is 2.04. The molecule has 1 aromatic rings. The van der Waals surface area contributed by atoms with E-state index in [9.17, 15) is 8.42 Å². The van der Waals surface area contributed by atoms with Gasteiger partial charge in [0.2, 0.25) is 0 Å². The van der Waals surface area contributed by atoms with E-state index < -0.39 is 10.1 Å². The monoisotopic (exact) mass is 316 g/mol. The van der Waals surface area contributed by atoms with Crippen LogP contribution in [0.2, 0.25) is 0 Å². The maximum atomic E-state index is 11.8. The maximum absolute atomic E-state index is 11.8. The van der Waals surface area contributed by atoms with Crippen molar-refractivity contribution < 1.29 is 22.1 Å². The van der Waals surface area contributed by atoms with Gasteiger partial charge in [0.25, 0.3) is 10.1 Å². The largest absolute Gasteiger partial charge is 0.379 e. The van der Waals surface area contributed by atoms with Crippen molar-refractivity contribution in [2.45, 2.75) is 31.1 Å². The fourth-order valence-corrected chi connectivity index (χ4v) is 2.52. The summed E-state index contributed by atoms with van der Waals surface area (Å²) in [6.45, 7) is 4.55. The van der Waals surface area contributed by atoms with Crippen LogP contribution in [0, 0.1) is 0 Å². The summed E-state index contributed by atoms with van der Waals surface area (Å²) < 4.78 is 39.2. The molecule has 1 aromatic carbocycles. The van der Waals surface area contributed by atoms with Gasteiger partial charge in [0, 0.05) is 13.2 Å². The molecular formula is C15H24O5S. The van der Waals surface area contributed by atoms with E-state index in [2.05, 4.69) is 6.92 Å². The molecule has 0 saturated heterocycles. The van der Waals surface area contributed by atoms with Crippen LogP contribution in [0.15, 0.2) is 35.2 Å². The second-order valence-corrected chi connectivity index (χ2v) is 6.14. The van der Waals surface area contributed by atoms with Crippen molar-refractivity contribution in [1.29, 1.82) is 0 Å². The van der Waals surface area contributed by atoms with Crippen LogP contribution in [0.3, 0.4) is 0 Å². The van der Waals surface area contributed by atoms with Gasteiger partial charge >= 0.3 is 0 Å². The van der Waals surface area contributed by atoms with E-state index in [0.29, 0.717) is 26.2 Å². The Labute approximate surface area is 127 Å². The molecule has 0 aliphatic rings. The van der Waals surface area contributed by atoms with Gasteiger partial charge in [-0.15, -0.1) is 0 Å². The quantitative estimate of drug-likeness (QED) is 0.438. The van der Waals surface area contributed by atoms with E-state index in [0.717, 1.165) is 19.4 Å². The average Bonchev–Trinajstić information content (AvgIpc) is 2.50. The van der Waals surface area contributed by atoms with Crippen LogP contribution in [-0.2, 0) is 23.8 Å². The first-order chi connectivity index (χ1) is 10.2. The molecule has 0 N–H and O–H groups in total. The van der Waals surface area contributed by atoms with Gasteiger partial charge in [-0.2, -0.15) is 8.42 Å². The van der Waals surface area contributed by atoms with Crippen LogP contribution < -0.4 is 0 Å². The minimum Gasteiger partial charge on any atom is -0.379 e. The molecule has 0 atom stereocenters. The third kappa shape index (κ3) is 8.16. The first-order valence-corrected chi connectivity index (χ1v) is 8.67. The first kappa shape index (κ1) is 18.1. The lowest BCUT2D eigenvalue weighted by Crippen LogP contribution is -2.11. The zero-order chi connectivity index (χ0) is 15.4. The van der Waals surface area contributed by atoms with Gasteiger partial charge < -0.3 is 9.47 Å². The second kappa shape index (κ2) is 10.7. The summed E-state index contributed by atoms with van der Waals surface area (Å²) in [7, 11) is -3.65. The summed E-state index contributed by atoms with van der Waals surface area (Å²) in [5, 5.41) is 0. The van der Waals surface area contributed by atoms with Crippen molar-refractivity contribution in [2.75, 3.05) is 33.0 Å². The molecule has 6 heteroatoms. The topological polar surface area (TPSA) is 61.8 Å². The summed E-state index contributed by atoms with van der Waals surface area (Å²) in [4.78, 5) is 0.176. The van der Waals surface area contributed by atoms with E-state index in [1.54, 1.807) is 18.2 Å². The molecule has 5 nitrogen and oxygen atoms in total. The van der Waals surface area contributed by atoms with Gasteiger partial charge in [-0.25, -0.2) is 0 Å². The summed E-state index contributed by atoms with van der Waals surface area (Å²) in [6, 6.07) is 8.12. The predicted octanol–water partition coefficient (Wildman–Crippen LogP) is 2.62. The average molecular weight is 316 g/mol. The molecule has 120 valence electrons. The van der Waals surface area contributed by atoms with Crippen LogP contribution in [0.5, 0.6) is 0 Å². The number of benzene rings is 1. The highest BCUT2D eigenvalue weighted by Crippen LogP contribution is 2.11. The molecule has 0 aliphatic carbocycles. The van der Waals surface area contributed by atoms with E-state index in [1.165, 1.54) is 12.1 Å². The fraction of sp³-hybridized carbons (Fsp3) is 0.600. The molecular weight excluding hydrogens is 292 g/mol. The lowest BCUT2D eigenvalue weighted by atomic mass is 10.4. The molecule has 0 saturated carbocycles. The third-order valence-corrected chi connectivity index (χ3v) is 4.04. The Morgan fingerprint density at radius 2 is 1.48 bits per heavy atom. The van der Waals surface area contributed by atoms with Crippen molar-refractivity contribution in [2.24, 2.45) is 0 Å². The van der Waals surface area contributed by atoms with E-state index >= 15 is 0 Å². The molecule has 0 radical (unpaired) electrons. The smallest absolute Gasteiger partial charge is 0.296 e. The van der Waals surface area contributed by atoms with Crippen LogP contribution in [-0.4, -0.2) is 41.5 Å². The molecule has 21 heavy (non-hydrogen) atoms. The second-order valence-electron chi connectivity index (χ2n) is 4.52. The lowest BCUT2D eigenvalue weighted by molar-refractivity contribution is 0.0428. The molecule has 0 heterocycles. The number of hydrogen-bond donors (Lipinski definition) is 0. The molecule has 0 aliphatic heterocycles. The minimum atomic E-state index is -3.65. The van der Waals surface area contributed by atoms with Crippen molar-refractivity contribution in [3.63, 3.8) is 0 Å². The number of unbranched alkanes of at least 4 members (excludes halogenated alkanes) is 1. The van der Waals surface area contributed by atoms with Gasteiger partial charge in [-0.3, -0.25) is 4.18 Å². The molecule has 0 unspecified atom stereocenters. The predicted molar refractivity (Wildman–Crippen MR) is 80.7 cm³/mol. The van der Waals surface area contributed by atoms with Crippen LogP contribution in [0.4, 0.5) is 0 Å². The van der Waals surface area contributed by atoms with Crippen LogP contribution in [0.25, 0.3) is 0 Å². The van der Waals surface area contributed by atoms with Crippen LogP contribution in [0.1, 0.15) is 26.2 Å².